The summed E-state index contributed by atoms with van der Waals surface area (Å²) in [5.41, 5.74) is 1.62. The fourth-order valence-corrected chi connectivity index (χ4v) is 6.05. The second-order valence-electron chi connectivity index (χ2n) is 10.1. The number of carbonyl (C=O) groups excluding carboxylic acids is 2. The fourth-order valence-electron chi connectivity index (χ4n) is 6.05. The molecule has 2 aliphatic heterocycles. The van der Waals surface area contributed by atoms with Gasteiger partial charge < -0.3 is 29.9 Å². The summed E-state index contributed by atoms with van der Waals surface area (Å²) in [5.74, 6) is -2.00. The summed E-state index contributed by atoms with van der Waals surface area (Å²) in [6.45, 7) is 2.41. The summed E-state index contributed by atoms with van der Waals surface area (Å²) in [7, 11) is 0. The zero-order valence-corrected chi connectivity index (χ0v) is 20.8. The minimum Gasteiger partial charge on any atom is -0.458 e. The van der Waals surface area contributed by atoms with Crippen LogP contribution in [0.5, 0.6) is 0 Å². The van der Waals surface area contributed by atoms with Crippen molar-refractivity contribution in [2.75, 3.05) is 6.61 Å². The van der Waals surface area contributed by atoms with Gasteiger partial charge in [-0.2, -0.15) is 0 Å². The van der Waals surface area contributed by atoms with Gasteiger partial charge in [-0.25, -0.2) is 14.2 Å². The van der Waals surface area contributed by atoms with Crippen molar-refractivity contribution in [2.24, 2.45) is 0 Å². The van der Waals surface area contributed by atoms with Crippen molar-refractivity contribution in [1.29, 1.82) is 0 Å². The van der Waals surface area contributed by atoms with Crippen LogP contribution >= 0.6 is 0 Å². The number of ether oxygens (including phenoxy) is 1. The van der Waals surface area contributed by atoms with E-state index in [4.69, 9.17) is 9.72 Å². The lowest BCUT2D eigenvalue weighted by atomic mass is 9.81. The number of pyridine rings is 2. The van der Waals surface area contributed by atoms with E-state index in [1.807, 2.05) is 0 Å². The molecule has 1 aliphatic carbocycles. The zero-order chi connectivity index (χ0) is 27.1. The van der Waals surface area contributed by atoms with Gasteiger partial charge in [0.1, 0.15) is 12.4 Å². The lowest BCUT2D eigenvalue weighted by molar-refractivity contribution is -0.172. The number of aliphatic hydroxyl groups excluding tert-OH is 2. The smallest absolute Gasteiger partial charge is 0.343 e. The molecule has 1 amide bonds. The molecule has 3 atom stereocenters. The van der Waals surface area contributed by atoms with E-state index in [0.29, 0.717) is 51.8 Å². The highest BCUT2D eigenvalue weighted by Crippen LogP contribution is 2.45. The van der Waals surface area contributed by atoms with Crippen LogP contribution in [0.3, 0.4) is 0 Å². The Balaban J connectivity index is 1.63. The Morgan fingerprint density at radius 1 is 1.32 bits per heavy atom. The number of aromatic nitrogens is 2. The Kier molecular flexibility index (Phi) is 5.46. The highest BCUT2D eigenvalue weighted by Gasteiger charge is 2.46. The van der Waals surface area contributed by atoms with Gasteiger partial charge in [-0.1, -0.05) is 6.92 Å². The average molecular weight is 524 g/mol. The van der Waals surface area contributed by atoms with Crippen molar-refractivity contribution in [1.82, 2.24) is 14.9 Å². The average Bonchev–Trinajstić information content (AvgIpc) is 3.28. The molecule has 0 radical (unpaired) electrons. The Morgan fingerprint density at radius 2 is 2.08 bits per heavy atom. The minimum absolute atomic E-state index is 0.000119. The number of hydrogen-bond acceptors (Lipinski definition) is 8. The predicted molar refractivity (Wildman–Crippen MR) is 132 cm³/mol. The Hall–Kier alpha value is -3.67. The van der Waals surface area contributed by atoms with Crippen LogP contribution < -0.4 is 10.9 Å². The third kappa shape index (κ3) is 3.22. The lowest BCUT2D eigenvalue weighted by Gasteiger charge is -2.31. The number of fused-ring (bicyclic) bond motifs is 5. The maximum Gasteiger partial charge on any atom is 0.343 e. The SMILES string of the molecule is CC[C@@]1(O)C(=O)OCc2c1cc1n(c2=O)Cc2c-1nc1cc(F)c(C)c3c1c2[C@@H](NC(=O)[C@@H](O)CO)CC3. The maximum absolute atomic E-state index is 14.9. The van der Waals surface area contributed by atoms with Gasteiger partial charge >= 0.3 is 5.97 Å². The quantitative estimate of drug-likeness (QED) is 0.289. The number of rotatable bonds is 4. The molecule has 10 nitrogen and oxygen atoms in total. The van der Waals surface area contributed by atoms with Crippen molar-refractivity contribution in [2.45, 2.75) is 64.0 Å². The molecule has 11 heteroatoms. The molecule has 0 saturated carbocycles. The summed E-state index contributed by atoms with van der Waals surface area (Å²) in [6, 6.07) is 2.32. The summed E-state index contributed by atoms with van der Waals surface area (Å²) >= 11 is 0. The molecule has 38 heavy (non-hydrogen) atoms. The molecule has 2 aromatic heterocycles. The molecule has 4 heterocycles. The van der Waals surface area contributed by atoms with E-state index in [0.717, 1.165) is 5.56 Å². The molecular formula is C27H26FN3O7. The number of aliphatic hydroxyl groups is 3. The van der Waals surface area contributed by atoms with Gasteiger partial charge in [-0.05, 0) is 48.9 Å². The van der Waals surface area contributed by atoms with E-state index < -0.39 is 47.6 Å². The zero-order valence-electron chi connectivity index (χ0n) is 20.8. The van der Waals surface area contributed by atoms with Crippen LogP contribution in [0.25, 0.3) is 22.3 Å². The number of aryl methyl sites for hydroxylation is 1. The number of esters is 1. The molecule has 1 aromatic carbocycles. The molecule has 6 rings (SSSR count). The molecule has 0 bridgehead atoms. The minimum atomic E-state index is -1.98. The molecule has 4 N–H and O–H groups in total. The van der Waals surface area contributed by atoms with E-state index in [1.54, 1.807) is 19.9 Å². The third-order valence-corrected chi connectivity index (χ3v) is 8.17. The highest BCUT2D eigenvalue weighted by atomic mass is 19.1. The van der Waals surface area contributed by atoms with E-state index >= 15 is 0 Å². The van der Waals surface area contributed by atoms with Gasteiger partial charge in [-0.3, -0.25) is 9.59 Å². The fraction of sp³-hybridized carbons (Fsp3) is 0.407. The molecule has 3 aromatic rings. The second kappa shape index (κ2) is 8.42. The first kappa shape index (κ1) is 24.7. The van der Waals surface area contributed by atoms with Crippen molar-refractivity contribution in [3.63, 3.8) is 0 Å². The van der Waals surface area contributed by atoms with E-state index in [1.165, 1.54) is 10.6 Å². The molecule has 198 valence electrons. The topological polar surface area (TPSA) is 151 Å². The van der Waals surface area contributed by atoms with Gasteiger partial charge in [0.25, 0.3) is 11.5 Å². The largest absolute Gasteiger partial charge is 0.458 e. The number of carbonyl (C=O) groups is 2. The molecule has 0 unspecified atom stereocenters. The number of halogens is 1. The summed E-state index contributed by atoms with van der Waals surface area (Å²) in [5, 5.41) is 33.7. The number of benzene rings is 1. The van der Waals surface area contributed by atoms with Crippen LogP contribution in [0.2, 0.25) is 0 Å². The van der Waals surface area contributed by atoms with Crippen molar-refractivity contribution >= 4 is 22.8 Å². The summed E-state index contributed by atoms with van der Waals surface area (Å²) < 4.78 is 21.5. The van der Waals surface area contributed by atoms with Crippen molar-refractivity contribution in [3.8, 4) is 11.4 Å². The molecular weight excluding hydrogens is 497 g/mol. The molecule has 0 fully saturated rings. The first-order chi connectivity index (χ1) is 18.1. The number of cyclic esters (lactones) is 1. The van der Waals surface area contributed by atoms with Crippen LogP contribution in [0, 0.1) is 12.7 Å². The van der Waals surface area contributed by atoms with E-state index in [9.17, 15) is 34.1 Å². The van der Waals surface area contributed by atoms with Crippen molar-refractivity contribution in [3.05, 3.63) is 61.7 Å². The van der Waals surface area contributed by atoms with E-state index in [2.05, 4.69) is 5.32 Å². The maximum atomic E-state index is 14.9. The van der Waals surface area contributed by atoms with Crippen LogP contribution in [0.15, 0.2) is 16.9 Å². The molecule has 0 spiro atoms. The first-order valence-corrected chi connectivity index (χ1v) is 12.5. The Labute approximate surface area is 215 Å². The summed E-state index contributed by atoms with van der Waals surface area (Å²) in [4.78, 5) is 43.4. The van der Waals surface area contributed by atoms with Gasteiger partial charge in [0.15, 0.2) is 11.7 Å². The molecule has 3 aliphatic rings. The van der Waals surface area contributed by atoms with Crippen LogP contribution in [0.4, 0.5) is 4.39 Å². The molecule has 0 saturated heterocycles. The van der Waals surface area contributed by atoms with Crippen LogP contribution in [-0.2, 0) is 39.5 Å². The van der Waals surface area contributed by atoms with E-state index in [-0.39, 0.29) is 30.7 Å². The van der Waals surface area contributed by atoms with Crippen LogP contribution in [-0.4, -0.2) is 49.5 Å². The van der Waals surface area contributed by atoms with Gasteiger partial charge in [0, 0.05) is 22.6 Å². The van der Waals surface area contributed by atoms with Crippen LogP contribution in [0.1, 0.15) is 59.2 Å². The van der Waals surface area contributed by atoms with Gasteiger partial charge in [-0.15, -0.1) is 0 Å². The predicted octanol–water partition coefficient (Wildman–Crippen LogP) is 0.984. The number of amides is 1. The number of nitrogens with zero attached hydrogens (tertiary/aromatic N) is 2. The standard InChI is InChI=1S/C27H26FN3O7/c1-3-27(37)15-6-19-23-13(8-31(19)25(35)14(15)10-38-26(27)36)22-17(30-24(34)20(33)9-32)5-4-12-11(2)16(28)7-18(29-23)21(12)22/h6-7,17,20,32-33,37H,3-5,8-10H2,1-2H3,(H,30,34)/t17-,20-,27-/m0/s1. The normalized spacial score (nSPS) is 21.9. The monoisotopic (exact) mass is 523 g/mol. The Bertz CT molecular complexity index is 1630. The second-order valence-corrected chi connectivity index (χ2v) is 10.1. The van der Waals surface area contributed by atoms with Gasteiger partial charge in [0.05, 0.1) is 41.7 Å². The Morgan fingerprint density at radius 3 is 2.79 bits per heavy atom. The first-order valence-electron chi connectivity index (χ1n) is 12.5. The van der Waals surface area contributed by atoms with Crippen molar-refractivity contribution < 1.29 is 34.0 Å². The van der Waals surface area contributed by atoms with Gasteiger partial charge in [0.2, 0.25) is 0 Å². The highest BCUT2D eigenvalue weighted by molar-refractivity contribution is 5.94. The third-order valence-electron chi connectivity index (χ3n) is 8.17. The lowest BCUT2D eigenvalue weighted by Crippen LogP contribution is -2.44. The number of hydrogen-bond donors (Lipinski definition) is 4. The number of nitrogens with one attached hydrogen (secondary N) is 1. The summed E-state index contributed by atoms with van der Waals surface area (Å²) in [6.07, 6.45) is -0.739.